The lowest BCUT2D eigenvalue weighted by Gasteiger charge is -2.34. The lowest BCUT2D eigenvalue weighted by molar-refractivity contribution is -0.112. The molecule has 32 heavy (non-hydrogen) atoms. The van der Waals surface area contributed by atoms with Crippen LogP contribution in [0.25, 0.3) is 5.69 Å². The van der Waals surface area contributed by atoms with Crippen molar-refractivity contribution in [3.05, 3.63) is 58.4 Å². The highest BCUT2D eigenvalue weighted by Crippen LogP contribution is 2.24. The molecule has 0 aliphatic carbocycles. The van der Waals surface area contributed by atoms with Gasteiger partial charge in [-0.05, 0) is 44.2 Å². The quantitative estimate of drug-likeness (QED) is 0.448. The number of Topliss-reactive ketones (excluding diaryl/α,β-unsaturated/α-hetero) is 1. The molecule has 0 radical (unpaired) electrons. The summed E-state index contributed by atoms with van der Waals surface area (Å²) in [6.07, 6.45) is 1.26. The second-order valence-corrected chi connectivity index (χ2v) is 9.72. The molecule has 4 rings (SSSR count). The van der Waals surface area contributed by atoms with Crippen molar-refractivity contribution in [2.75, 3.05) is 18.4 Å². The van der Waals surface area contributed by atoms with Gasteiger partial charge in [-0.1, -0.05) is 32.0 Å². The molecular formula is C24H29N5O2S. The van der Waals surface area contributed by atoms with E-state index in [1.165, 1.54) is 17.8 Å². The molecule has 1 fully saturated rings. The molecule has 1 aliphatic heterocycles. The van der Waals surface area contributed by atoms with Gasteiger partial charge >= 0.3 is 0 Å². The summed E-state index contributed by atoms with van der Waals surface area (Å²) < 4.78 is 1.69. The molecule has 7 nitrogen and oxygen atoms in total. The fourth-order valence-corrected chi connectivity index (χ4v) is 5.34. The van der Waals surface area contributed by atoms with Crippen molar-refractivity contribution >= 4 is 28.2 Å². The molecule has 3 aromatic rings. The number of hydrogen-bond donors (Lipinski definition) is 1. The first-order chi connectivity index (χ1) is 15.3. The normalized spacial score (nSPS) is 19.1. The molecule has 168 valence electrons. The molecule has 2 atom stereocenters. The maximum Gasteiger partial charge on any atom is 0.298 e. The standard InChI is InChI=1S/C24H29N5O2S/c1-15-10-16(2)12-28(11-15)13-19-14-32-24(25-19)26-23(31)22(30)21-17(3)27-29(18(21)4)20-8-6-5-7-9-20/h5-9,14-16H,10-13H2,1-4H3,(H,25,26,31)/t15-,16-/m1/s1. The first-order valence-electron chi connectivity index (χ1n) is 11.0. The molecule has 1 saturated heterocycles. The SMILES string of the molecule is Cc1nn(-c2ccccc2)c(C)c1C(=O)C(=O)Nc1nc(CN2C[C@H](C)C[C@@H](C)C2)cs1. The van der Waals surface area contributed by atoms with Gasteiger partial charge in [0, 0.05) is 25.0 Å². The minimum absolute atomic E-state index is 0.333. The minimum atomic E-state index is -0.690. The van der Waals surface area contributed by atoms with Gasteiger partial charge in [-0.2, -0.15) is 5.10 Å². The molecular weight excluding hydrogens is 422 g/mol. The Morgan fingerprint density at radius 1 is 1.12 bits per heavy atom. The molecule has 2 aromatic heterocycles. The molecule has 0 bridgehead atoms. The number of piperidine rings is 1. The molecule has 0 spiro atoms. The summed E-state index contributed by atoms with van der Waals surface area (Å²) in [6, 6.07) is 9.56. The Bertz CT molecular complexity index is 1110. The number of ketones is 1. The van der Waals surface area contributed by atoms with E-state index >= 15 is 0 Å². The van der Waals surface area contributed by atoms with Crippen LogP contribution in [-0.4, -0.2) is 44.4 Å². The monoisotopic (exact) mass is 451 g/mol. The number of para-hydroxylation sites is 1. The van der Waals surface area contributed by atoms with E-state index < -0.39 is 11.7 Å². The van der Waals surface area contributed by atoms with E-state index in [1.54, 1.807) is 18.5 Å². The van der Waals surface area contributed by atoms with E-state index in [2.05, 4.69) is 34.1 Å². The summed E-state index contributed by atoms with van der Waals surface area (Å²) in [4.78, 5) is 32.6. The molecule has 1 amide bonds. The number of hydrogen-bond acceptors (Lipinski definition) is 6. The fraction of sp³-hybridized carbons (Fsp3) is 0.417. The number of carbonyl (C=O) groups excluding carboxylic acids is 2. The Morgan fingerprint density at radius 3 is 2.50 bits per heavy atom. The lowest BCUT2D eigenvalue weighted by Crippen LogP contribution is -2.38. The van der Waals surface area contributed by atoms with Crippen LogP contribution in [0.4, 0.5) is 5.13 Å². The third-order valence-electron chi connectivity index (χ3n) is 5.83. The van der Waals surface area contributed by atoms with Gasteiger partial charge in [0.15, 0.2) is 5.13 Å². The second-order valence-electron chi connectivity index (χ2n) is 8.86. The topological polar surface area (TPSA) is 80.1 Å². The van der Waals surface area contributed by atoms with E-state index in [9.17, 15) is 9.59 Å². The van der Waals surface area contributed by atoms with Crippen molar-refractivity contribution < 1.29 is 9.59 Å². The highest BCUT2D eigenvalue weighted by Gasteiger charge is 2.26. The zero-order valence-corrected chi connectivity index (χ0v) is 19.8. The van der Waals surface area contributed by atoms with Crippen LogP contribution in [0.2, 0.25) is 0 Å². The maximum atomic E-state index is 12.9. The van der Waals surface area contributed by atoms with Crippen LogP contribution in [-0.2, 0) is 11.3 Å². The van der Waals surface area contributed by atoms with Crippen LogP contribution in [0.1, 0.15) is 47.7 Å². The van der Waals surface area contributed by atoms with Gasteiger partial charge in [0.05, 0.1) is 28.3 Å². The van der Waals surface area contributed by atoms with Crippen molar-refractivity contribution in [1.82, 2.24) is 19.7 Å². The first kappa shape index (κ1) is 22.4. The Labute approximate surface area is 192 Å². The van der Waals surface area contributed by atoms with Gasteiger partial charge in [-0.15, -0.1) is 11.3 Å². The second kappa shape index (κ2) is 9.34. The number of anilines is 1. The molecule has 8 heteroatoms. The van der Waals surface area contributed by atoms with Crippen molar-refractivity contribution in [3.63, 3.8) is 0 Å². The average Bonchev–Trinajstić information content (AvgIpc) is 3.30. The van der Waals surface area contributed by atoms with Crippen LogP contribution in [0.5, 0.6) is 0 Å². The highest BCUT2D eigenvalue weighted by molar-refractivity contribution is 7.14. The average molecular weight is 452 g/mol. The fourth-order valence-electron chi connectivity index (χ4n) is 4.65. The molecule has 3 heterocycles. The van der Waals surface area contributed by atoms with E-state index in [4.69, 9.17) is 0 Å². The number of benzene rings is 1. The smallest absolute Gasteiger partial charge is 0.297 e. The van der Waals surface area contributed by atoms with Gasteiger partial charge in [0.1, 0.15) is 0 Å². The zero-order chi connectivity index (χ0) is 22.8. The van der Waals surface area contributed by atoms with Crippen molar-refractivity contribution in [2.45, 2.75) is 40.7 Å². The Hall–Kier alpha value is -2.84. The van der Waals surface area contributed by atoms with Gasteiger partial charge < -0.3 is 0 Å². The largest absolute Gasteiger partial charge is 0.298 e. The molecule has 0 saturated carbocycles. The number of likely N-dealkylation sites (tertiary alicyclic amines) is 1. The van der Waals surface area contributed by atoms with E-state index in [1.807, 2.05) is 35.7 Å². The molecule has 1 aliphatic rings. The number of aryl methyl sites for hydroxylation is 1. The van der Waals surface area contributed by atoms with Crippen LogP contribution >= 0.6 is 11.3 Å². The summed E-state index contributed by atoms with van der Waals surface area (Å²) in [6.45, 7) is 11.0. The number of amides is 1. The number of aromatic nitrogens is 3. The van der Waals surface area contributed by atoms with Crippen LogP contribution in [0.3, 0.4) is 0 Å². The maximum absolute atomic E-state index is 12.9. The lowest BCUT2D eigenvalue weighted by atomic mass is 9.92. The van der Waals surface area contributed by atoms with Crippen LogP contribution in [0, 0.1) is 25.7 Å². The van der Waals surface area contributed by atoms with Gasteiger partial charge in [0.25, 0.3) is 11.7 Å². The summed E-state index contributed by atoms with van der Waals surface area (Å²) >= 11 is 1.35. The first-order valence-corrected chi connectivity index (χ1v) is 11.8. The summed E-state index contributed by atoms with van der Waals surface area (Å²) in [5.74, 6) is 0.0671. The minimum Gasteiger partial charge on any atom is -0.297 e. The third-order valence-corrected chi connectivity index (χ3v) is 6.63. The van der Waals surface area contributed by atoms with Gasteiger partial charge in [0.2, 0.25) is 0 Å². The van der Waals surface area contributed by atoms with Gasteiger partial charge in [-0.25, -0.2) is 9.67 Å². The molecule has 0 unspecified atom stereocenters. The summed E-state index contributed by atoms with van der Waals surface area (Å²) in [5, 5.41) is 9.55. The van der Waals surface area contributed by atoms with E-state index in [0.717, 1.165) is 31.0 Å². The van der Waals surface area contributed by atoms with Crippen molar-refractivity contribution in [3.8, 4) is 5.69 Å². The predicted molar refractivity (Wildman–Crippen MR) is 126 cm³/mol. The summed E-state index contributed by atoms with van der Waals surface area (Å²) in [7, 11) is 0. The summed E-state index contributed by atoms with van der Waals surface area (Å²) in [5.41, 5.74) is 3.27. The molecule has 1 N–H and O–H groups in total. The Kier molecular flexibility index (Phi) is 6.53. The number of carbonyl (C=O) groups is 2. The number of thiazole rings is 1. The molecule has 1 aromatic carbocycles. The van der Waals surface area contributed by atoms with Gasteiger partial charge in [-0.3, -0.25) is 19.8 Å². The van der Waals surface area contributed by atoms with E-state index in [-0.39, 0.29) is 0 Å². The van der Waals surface area contributed by atoms with Crippen molar-refractivity contribution in [1.29, 1.82) is 0 Å². The Morgan fingerprint density at radius 2 is 1.81 bits per heavy atom. The third kappa shape index (κ3) is 4.81. The zero-order valence-electron chi connectivity index (χ0n) is 19.0. The Balaban J connectivity index is 1.44. The number of nitrogens with zero attached hydrogens (tertiary/aromatic N) is 4. The number of nitrogens with one attached hydrogen (secondary N) is 1. The predicted octanol–water partition coefficient (Wildman–Crippen LogP) is 4.24. The number of rotatable bonds is 6. The van der Waals surface area contributed by atoms with E-state index in [0.29, 0.717) is 33.9 Å². The van der Waals surface area contributed by atoms with Crippen molar-refractivity contribution in [2.24, 2.45) is 11.8 Å². The van der Waals surface area contributed by atoms with Crippen LogP contribution in [0.15, 0.2) is 35.7 Å². The highest BCUT2D eigenvalue weighted by atomic mass is 32.1. The van der Waals surface area contributed by atoms with Crippen LogP contribution < -0.4 is 5.32 Å².